The first kappa shape index (κ1) is 29.4. The van der Waals surface area contributed by atoms with Crippen LogP contribution in [0.1, 0.15) is 116 Å². The summed E-state index contributed by atoms with van der Waals surface area (Å²) >= 11 is 0. The van der Waals surface area contributed by atoms with Crippen LogP contribution in [0.2, 0.25) is 0 Å². The quantitative estimate of drug-likeness (QED) is 0.415. The molecule has 0 unspecified atom stereocenters. The van der Waals surface area contributed by atoms with Crippen LogP contribution in [0.4, 0.5) is 0 Å². The molecule has 0 heterocycles. The Kier molecular flexibility index (Phi) is 7.85. The molecule has 0 amide bonds. The van der Waals surface area contributed by atoms with Crippen molar-refractivity contribution in [2.45, 2.75) is 134 Å². The molecule has 0 saturated carbocycles. The minimum absolute atomic E-state index is 0.430. The lowest BCUT2D eigenvalue weighted by atomic mass is 9.60. The second-order valence-electron chi connectivity index (χ2n) is 13.6. The highest BCUT2D eigenvalue weighted by molar-refractivity contribution is 7.55. The molecule has 0 spiro atoms. The minimum atomic E-state index is -3.78. The zero-order valence-electron chi connectivity index (χ0n) is 24.2. The Labute approximate surface area is 199 Å². The monoisotopic (exact) mass is 466 g/mol. The number of benzene rings is 1. The van der Waals surface area contributed by atoms with Gasteiger partial charge in [-0.15, -0.1) is 0 Å². The molecule has 0 aliphatic heterocycles. The van der Waals surface area contributed by atoms with E-state index in [4.69, 9.17) is 9.05 Å². The molecule has 0 N–H and O–H groups in total. The second-order valence-corrected chi connectivity index (χ2v) is 15.6. The molecule has 0 atom stereocenters. The van der Waals surface area contributed by atoms with Gasteiger partial charge in [-0.05, 0) is 120 Å². The van der Waals surface area contributed by atoms with Gasteiger partial charge >= 0.3 is 7.60 Å². The normalized spacial score (nSPS) is 14.8. The van der Waals surface area contributed by atoms with Gasteiger partial charge in [-0.1, -0.05) is 41.5 Å². The molecule has 1 aromatic carbocycles. The third-order valence-corrected chi connectivity index (χ3v) is 10.7. The van der Waals surface area contributed by atoms with E-state index in [1.54, 1.807) is 0 Å². The SMILES string of the molecule is Cc1c(C)c(C)c(C(C(C)(C)C)(C(C)(C)C)P(=O)(OC(C)(C)C)OC(C)(C)C)c(C)c1C. The van der Waals surface area contributed by atoms with E-state index in [0.717, 1.165) is 5.56 Å². The lowest BCUT2D eigenvalue weighted by molar-refractivity contribution is 0.00185. The van der Waals surface area contributed by atoms with Crippen LogP contribution >= 0.6 is 7.60 Å². The fourth-order valence-corrected chi connectivity index (χ4v) is 9.76. The standard InChI is InChI=1S/C28H51O3P/c1-18-19(2)21(4)23(22(5)20(18)3)28(24(6,7)8,25(9,10)11)32(29,30-26(12,13)14)31-27(15,16)17/h1-17H3. The van der Waals surface area contributed by atoms with E-state index < -0.39 is 34.8 Å². The molecule has 32 heavy (non-hydrogen) atoms. The van der Waals surface area contributed by atoms with E-state index in [1.807, 2.05) is 41.5 Å². The zero-order chi connectivity index (χ0) is 25.9. The third-order valence-electron chi connectivity index (χ3n) is 6.73. The molecule has 1 aromatic rings. The summed E-state index contributed by atoms with van der Waals surface area (Å²) in [6.07, 6.45) is 0. The first-order valence-electron chi connectivity index (χ1n) is 11.9. The molecule has 0 radical (unpaired) electrons. The molecular weight excluding hydrogens is 415 g/mol. The van der Waals surface area contributed by atoms with Crippen molar-refractivity contribution >= 4 is 7.60 Å². The summed E-state index contributed by atoms with van der Waals surface area (Å²) in [5.74, 6) is 0. The molecule has 186 valence electrons. The lowest BCUT2D eigenvalue weighted by Gasteiger charge is -2.58. The molecule has 0 bridgehead atoms. The van der Waals surface area contributed by atoms with E-state index in [9.17, 15) is 0 Å². The average Bonchev–Trinajstić information content (AvgIpc) is 2.48. The Hall–Kier alpha value is -0.630. The Bertz CT molecular complexity index is 834. The van der Waals surface area contributed by atoms with Gasteiger partial charge in [-0.25, -0.2) is 0 Å². The summed E-state index contributed by atoms with van der Waals surface area (Å²) in [7, 11) is -3.78. The van der Waals surface area contributed by atoms with Gasteiger partial charge in [0, 0.05) is 0 Å². The summed E-state index contributed by atoms with van der Waals surface area (Å²) in [5, 5.41) is -0.898. The van der Waals surface area contributed by atoms with E-state index >= 15 is 4.57 Å². The lowest BCUT2D eigenvalue weighted by Crippen LogP contribution is -2.53. The van der Waals surface area contributed by atoms with Crippen LogP contribution in [0, 0.1) is 45.4 Å². The van der Waals surface area contributed by atoms with Crippen LogP contribution in [-0.2, 0) is 18.8 Å². The Balaban J connectivity index is 4.52. The maximum Gasteiger partial charge on any atom is 0.343 e. The predicted molar refractivity (Wildman–Crippen MR) is 140 cm³/mol. The molecule has 0 saturated heterocycles. The highest BCUT2D eigenvalue weighted by Crippen LogP contribution is 2.79. The first-order valence-corrected chi connectivity index (χ1v) is 13.5. The Morgan fingerprint density at radius 3 is 0.969 bits per heavy atom. The summed E-state index contributed by atoms with van der Waals surface area (Å²) in [6, 6.07) is 0. The molecular formula is C28H51O3P. The summed E-state index contributed by atoms with van der Waals surface area (Å²) < 4.78 is 28.8. The van der Waals surface area contributed by atoms with Gasteiger partial charge in [0.25, 0.3) is 0 Å². The van der Waals surface area contributed by atoms with Gasteiger partial charge in [0.15, 0.2) is 0 Å². The maximum absolute atomic E-state index is 15.5. The van der Waals surface area contributed by atoms with Crippen molar-refractivity contribution in [3.63, 3.8) is 0 Å². The van der Waals surface area contributed by atoms with Crippen LogP contribution < -0.4 is 0 Å². The van der Waals surface area contributed by atoms with Crippen LogP contribution in [0.5, 0.6) is 0 Å². The Morgan fingerprint density at radius 2 is 0.750 bits per heavy atom. The largest absolute Gasteiger partial charge is 0.343 e. The predicted octanol–water partition coefficient (Wildman–Crippen LogP) is 9.34. The number of hydrogen-bond donors (Lipinski definition) is 0. The van der Waals surface area contributed by atoms with Crippen LogP contribution in [-0.4, -0.2) is 11.2 Å². The van der Waals surface area contributed by atoms with E-state index in [1.165, 1.54) is 27.8 Å². The van der Waals surface area contributed by atoms with Gasteiger partial charge in [0.1, 0.15) is 5.16 Å². The smallest absolute Gasteiger partial charge is 0.302 e. The van der Waals surface area contributed by atoms with Crippen molar-refractivity contribution < 1.29 is 13.6 Å². The molecule has 0 aromatic heterocycles. The van der Waals surface area contributed by atoms with Crippen molar-refractivity contribution in [3.05, 3.63) is 33.4 Å². The van der Waals surface area contributed by atoms with Gasteiger partial charge < -0.3 is 9.05 Å². The van der Waals surface area contributed by atoms with Crippen LogP contribution in [0.3, 0.4) is 0 Å². The van der Waals surface area contributed by atoms with Crippen molar-refractivity contribution in [2.75, 3.05) is 0 Å². The zero-order valence-corrected chi connectivity index (χ0v) is 25.1. The van der Waals surface area contributed by atoms with E-state index in [0.29, 0.717) is 0 Å². The second kappa shape index (κ2) is 8.54. The van der Waals surface area contributed by atoms with Crippen molar-refractivity contribution in [2.24, 2.45) is 10.8 Å². The number of hydrogen-bond acceptors (Lipinski definition) is 3. The van der Waals surface area contributed by atoms with E-state index in [-0.39, 0.29) is 0 Å². The fraction of sp³-hybridized carbons (Fsp3) is 0.786. The van der Waals surface area contributed by atoms with Crippen molar-refractivity contribution in [3.8, 4) is 0 Å². The van der Waals surface area contributed by atoms with Gasteiger partial charge in [-0.2, -0.15) is 0 Å². The highest BCUT2D eigenvalue weighted by atomic mass is 31.2. The summed E-state index contributed by atoms with van der Waals surface area (Å²) in [6.45, 7) is 35.8. The van der Waals surface area contributed by atoms with Gasteiger partial charge in [0.05, 0.1) is 11.2 Å². The average molecular weight is 467 g/mol. The molecule has 4 heteroatoms. The van der Waals surface area contributed by atoms with E-state index in [2.05, 4.69) is 76.2 Å². The van der Waals surface area contributed by atoms with Crippen molar-refractivity contribution in [1.29, 1.82) is 0 Å². The van der Waals surface area contributed by atoms with Gasteiger partial charge in [-0.3, -0.25) is 4.57 Å². The molecule has 3 nitrogen and oxygen atoms in total. The minimum Gasteiger partial charge on any atom is -0.302 e. The highest BCUT2D eigenvalue weighted by Gasteiger charge is 2.68. The topological polar surface area (TPSA) is 35.5 Å². The van der Waals surface area contributed by atoms with Crippen LogP contribution in [0.15, 0.2) is 0 Å². The summed E-state index contributed by atoms with van der Waals surface area (Å²) in [4.78, 5) is 0. The molecule has 0 aliphatic carbocycles. The summed E-state index contributed by atoms with van der Waals surface area (Å²) in [5.41, 5.74) is 5.15. The molecule has 0 aliphatic rings. The molecule has 0 fully saturated rings. The first-order chi connectivity index (χ1) is 13.8. The maximum atomic E-state index is 15.5. The molecule has 1 rings (SSSR count). The number of rotatable bonds is 4. The van der Waals surface area contributed by atoms with Gasteiger partial charge in [0.2, 0.25) is 0 Å². The van der Waals surface area contributed by atoms with Crippen LogP contribution in [0.25, 0.3) is 0 Å². The van der Waals surface area contributed by atoms with Crippen molar-refractivity contribution in [1.82, 2.24) is 0 Å². The fourth-order valence-electron chi connectivity index (χ4n) is 5.75. The third kappa shape index (κ3) is 5.06. The Morgan fingerprint density at radius 1 is 0.500 bits per heavy atom.